The molecule has 1 aromatic rings. The zero-order chi connectivity index (χ0) is 11.3. The van der Waals surface area contributed by atoms with Crippen molar-refractivity contribution >= 4 is 6.08 Å². The Bertz CT molecular complexity index is 359. The molecule has 0 radical (unpaired) electrons. The third-order valence-electron chi connectivity index (χ3n) is 2.52. The molecule has 0 unspecified atom stereocenters. The summed E-state index contributed by atoms with van der Waals surface area (Å²) in [6.45, 7) is 5.98. The Morgan fingerprint density at radius 2 is 1.87 bits per heavy atom. The maximum Gasteiger partial charge on any atom is 0.235 e. The summed E-state index contributed by atoms with van der Waals surface area (Å²) >= 11 is 0. The first-order valence-corrected chi connectivity index (χ1v) is 5.28. The zero-order valence-corrected chi connectivity index (χ0v) is 9.58. The summed E-state index contributed by atoms with van der Waals surface area (Å²) in [5.41, 5.74) is 1.91. The van der Waals surface area contributed by atoms with Gasteiger partial charge in [-0.2, -0.15) is 4.99 Å². The summed E-state index contributed by atoms with van der Waals surface area (Å²) in [5, 5.41) is 0. The van der Waals surface area contributed by atoms with Crippen molar-refractivity contribution in [1.29, 1.82) is 0 Å². The highest BCUT2D eigenvalue weighted by Gasteiger charge is 2.18. The molecule has 0 bridgehead atoms. The van der Waals surface area contributed by atoms with Crippen LogP contribution in [0.1, 0.15) is 38.3 Å². The van der Waals surface area contributed by atoms with Crippen LogP contribution in [-0.4, -0.2) is 6.08 Å². The van der Waals surface area contributed by atoms with Crippen molar-refractivity contribution in [2.45, 2.75) is 39.2 Å². The molecule has 0 saturated carbocycles. The number of isocyanates is 1. The molecule has 0 spiro atoms. The van der Waals surface area contributed by atoms with Gasteiger partial charge in [-0.3, -0.25) is 0 Å². The fourth-order valence-electron chi connectivity index (χ4n) is 1.55. The summed E-state index contributed by atoms with van der Waals surface area (Å²) in [7, 11) is 0. The summed E-state index contributed by atoms with van der Waals surface area (Å²) in [6.07, 6.45) is 3.86. The third-order valence-corrected chi connectivity index (χ3v) is 2.52. The summed E-state index contributed by atoms with van der Waals surface area (Å²) in [4.78, 5) is 14.1. The Kier molecular flexibility index (Phi) is 3.81. The standard InChI is InChI=1S/C13H17NO/c1-4-5-11-6-8-12(9-7-11)13(2,3)14-10-15/h6-9H,4-5H2,1-3H3. The lowest BCUT2D eigenvalue weighted by atomic mass is 9.94. The first-order chi connectivity index (χ1) is 7.10. The van der Waals surface area contributed by atoms with Gasteiger partial charge in [-0.05, 0) is 31.4 Å². The lowest BCUT2D eigenvalue weighted by molar-refractivity contribution is 0.523. The molecule has 2 heteroatoms. The predicted molar refractivity (Wildman–Crippen MR) is 61.6 cm³/mol. The average molecular weight is 203 g/mol. The molecule has 0 aliphatic heterocycles. The van der Waals surface area contributed by atoms with E-state index in [1.165, 1.54) is 5.56 Å². The van der Waals surface area contributed by atoms with Crippen molar-refractivity contribution in [3.05, 3.63) is 35.4 Å². The number of hydrogen-bond donors (Lipinski definition) is 0. The second kappa shape index (κ2) is 4.90. The highest BCUT2D eigenvalue weighted by atomic mass is 16.1. The molecule has 0 amide bonds. The van der Waals surface area contributed by atoms with Gasteiger partial charge in [-0.25, -0.2) is 4.79 Å². The number of rotatable bonds is 4. The normalized spacial score (nSPS) is 10.9. The van der Waals surface area contributed by atoms with Gasteiger partial charge < -0.3 is 0 Å². The molecule has 0 fully saturated rings. The van der Waals surface area contributed by atoms with E-state index in [-0.39, 0.29) is 0 Å². The van der Waals surface area contributed by atoms with Gasteiger partial charge in [0, 0.05) is 0 Å². The number of aryl methyl sites for hydroxylation is 1. The number of aliphatic imine (C=N–C) groups is 1. The van der Waals surface area contributed by atoms with Crippen LogP contribution in [0.2, 0.25) is 0 Å². The number of nitrogens with zero attached hydrogens (tertiary/aromatic N) is 1. The van der Waals surface area contributed by atoms with Crippen LogP contribution in [0.4, 0.5) is 0 Å². The minimum atomic E-state index is -0.466. The molecule has 0 aliphatic carbocycles. The summed E-state index contributed by atoms with van der Waals surface area (Å²) in [5.74, 6) is 0. The van der Waals surface area contributed by atoms with E-state index in [1.54, 1.807) is 6.08 Å². The molecular formula is C13H17NO. The van der Waals surface area contributed by atoms with Crippen molar-refractivity contribution < 1.29 is 4.79 Å². The lowest BCUT2D eigenvalue weighted by Crippen LogP contribution is -2.13. The van der Waals surface area contributed by atoms with E-state index in [1.807, 2.05) is 26.0 Å². The molecule has 15 heavy (non-hydrogen) atoms. The molecule has 80 valence electrons. The number of carbonyl (C=O) groups excluding carboxylic acids is 1. The third kappa shape index (κ3) is 3.03. The van der Waals surface area contributed by atoms with E-state index < -0.39 is 5.54 Å². The van der Waals surface area contributed by atoms with Crippen LogP contribution in [0.25, 0.3) is 0 Å². The largest absolute Gasteiger partial charge is 0.235 e. The quantitative estimate of drug-likeness (QED) is 0.545. The van der Waals surface area contributed by atoms with E-state index in [0.717, 1.165) is 18.4 Å². The van der Waals surface area contributed by atoms with E-state index in [9.17, 15) is 4.79 Å². The van der Waals surface area contributed by atoms with Gasteiger partial charge in [-0.1, -0.05) is 37.6 Å². The molecule has 0 aromatic heterocycles. The number of benzene rings is 1. The van der Waals surface area contributed by atoms with Crippen LogP contribution < -0.4 is 0 Å². The molecule has 1 aromatic carbocycles. The smallest absolute Gasteiger partial charge is 0.211 e. The monoisotopic (exact) mass is 203 g/mol. The zero-order valence-electron chi connectivity index (χ0n) is 9.58. The molecule has 0 heterocycles. The van der Waals surface area contributed by atoms with Crippen LogP contribution >= 0.6 is 0 Å². The summed E-state index contributed by atoms with van der Waals surface area (Å²) < 4.78 is 0. The Morgan fingerprint density at radius 3 is 2.33 bits per heavy atom. The van der Waals surface area contributed by atoms with Gasteiger partial charge in [0.05, 0.1) is 5.54 Å². The number of hydrogen-bond acceptors (Lipinski definition) is 2. The lowest BCUT2D eigenvalue weighted by Gasteiger charge is -2.18. The topological polar surface area (TPSA) is 29.4 Å². The van der Waals surface area contributed by atoms with Gasteiger partial charge >= 0.3 is 0 Å². The minimum Gasteiger partial charge on any atom is -0.211 e. The second-order valence-electron chi connectivity index (χ2n) is 4.21. The molecule has 0 saturated heterocycles. The van der Waals surface area contributed by atoms with E-state index in [4.69, 9.17) is 0 Å². The molecule has 2 nitrogen and oxygen atoms in total. The van der Waals surface area contributed by atoms with Crippen molar-refractivity contribution in [1.82, 2.24) is 0 Å². The Balaban J connectivity index is 2.92. The van der Waals surface area contributed by atoms with Crippen LogP contribution in [0.15, 0.2) is 29.3 Å². The van der Waals surface area contributed by atoms with Crippen molar-refractivity contribution in [2.75, 3.05) is 0 Å². The van der Waals surface area contributed by atoms with Crippen molar-refractivity contribution in [3.63, 3.8) is 0 Å². The second-order valence-corrected chi connectivity index (χ2v) is 4.21. The van der Waals surface area contributed by atoms with Gasteiger partial charge in [-0.15, -0.1) is 0 Å². The predicted octanol–water partition coefficient (Wildman–Crippen LogP) is 3.21. The Morgan fingerprint density at radius 1 is 1.27 bits per heavy atom. The van der Waals surface area contributed by atoms with E-state index in [2.05, 4.69) is 24.0 Å². The first kappa shape index (κ1) is 11.7. The van der Waals surface area contributed by atoms with Crippen LogP contribution in [0.3, 0.4) is 0 Å². The van der Waals surface area contributed by atoms with Crippen molar-refractivity contribution in [2.24, 2.45) is 4.99 Å². The Labute approximate surface area is 91.0 Å². The fourth-order valence-corrected chi connectivity index (χ4v) is 1.55. The average Bonchev–Trinajstić information content (AvgIpc) is 2.19. The van der Waals surface area contributed by atoms with Gasteiger partial charge in [0.25, 0.3) is 0 Å². The molecule has 0 atom stereocenters. The summed E-state index contributed by atoms with van der Waals surface area (Å²) in [6, 6.07) is 8.26. The van der Waals surface area contributed by atoms with Gasteiger partial charge in [0.15, 0.2) is 0 Å². The maximum absolute atomic E-state index is 10.3. The molecule has 0 aliphatic rings. The SMILES string of the molecule is CCCc1ccc(C(C)(C)N=C=O)cc1. The van der Waals surface area contributed by atoms with Crippen molar-refractivity contribution in [3.8, 4) is 0 Å². The van der Waals surface area contributed by atoms with Crippen LogP contribution in [0.5, 0.6) is 0 Å². The highest BCUT2D eigenvalue weighted by Crippen LogP contribution is 2.24. The van der Waals surface area contributed by atoms with E-state index in [0.29, 0.717) is 0 Å². The molecular weight excluding hydrogens is 186 g/mol. The molecule has 1 rings (SSSR count). The minimum absolute atomic E-state index is 0.466. The van der Waals surface area contributed by atoms with E-state index >= 15 is 0 Å². The van der Waals surface area contributed by atoms with Gasteiger partial charge in [0.1, 0.15) is 0 Å². The van der Waals surface area contributed by atoms with Crippen LogP contribution in [-0.2, 0) is 16.8 Å². The first-order valence-electron chi connectivity index (χ1n) is 5.28. The fraction of sp³-hybridized carbons (Fsp3) is 0.462. The molecule has 0 N–H and O–H groups in total. The van der Waals surface area contributed by atoms with Crippen LogP contribution in [0, 0.1) is 0 Å². The van der Waals surface area contributed by atoms with Gasteiger partial charge in [0.2, 0.25) is 6.08 Å². The Hall–Kier alpha value is -1.40. The maximum atomic E-state index is 10.3. The highest BCUT2D eigenvalue weighted by molar-refractivity contribution is 5.38.